The fraction of sp³-hybridized carbons (Fsp3) is 0.286. The zero-order valence-electron chi connectivity index (χ0n) is 10.1. The average Bonchev–Trinajstić information content (AvgIpc) is 2.38. The summed E-state index contributed by atoms with van der Waals surface area (Å²) in [5.74, 6) is 0.459. The standard InChI is InChI=1S/C14H14O4/c1-2-3-6-17-12-8-13-10(7-11(12)9-15)4-5-14(16)18-13/h4-5,7-9H,2-3,6H2,1H3. The summed E-state index contributed by atoms with van der Waals surface area (Å²) in [6.07, 6.45) is 2.67. The van der Waals surface area contributed by atoms with Gasteiger partial charge in [0.2, 0.25) is 0 Å². The molecule has 4 nitrogen and oxygen atoms in total. The third-order valence-corrected chi connectivity index (χ3v) is 2.63. The third-order valence-electron chi connectivity index (χ3n) is 2.63. The SMILES string of the molecule is CCCCOc1cc2oc(=O)ccc2cc1C=O. The van der Waals surface area contributed by atoms with Crippen LogP contribution in [0, 0.1) is 0 Å². The van der Waals surface area contributed by atoms with Crippen molar-refractivity contribution >= 4 is 17.3 Å². The molecule has 0 aliphatic carbocycles. The van der Waals surface area contributed by atoms with Gasteiger partial charge in [-0.25, -0.2) is 4.79 Å². The van der Waals surface area contributed by atoms with Crippen LogP contribution in [-0.2, 0) is 0 Å². The molecule has 0 spiro atoms. The van der Waals surface area contributed by atoms with Gasteiger partial charge in [-0.05, 0) is 18.6 Å². The molecular formula is C14H14O4. The minimum absolute atomic E-state index is 0.416. The molecule has 2 aromatic rings. The molecule has 0 atom stereocenters. The monoisotopic (exact) mass is 246 g/mol. The largest absolute Gasteiger partial charge is 0.493 e. The highest BCUT2D eigenvalue weighted by Gasteiger charge is 2.07. The Bertz CT molecular complexity index is 613. The minimum atomic E-state index is -0.416. The maximum Gasteiger partial charge on any atom is 0.336 e. The van der Waals surface area contributed by atoms with Crippen molar-refractivity contribution in [2.24, 2.45) is 0 Å². The van der Waals surface area contributed by atoms with E-state index in [1.165, 1.54) is 6.07 Å². The van der Waals surface area contributed by atoms with E-state index in [1.807, 2.05) is 0 Å². The van der Waals surface area contributed by atoms with Gasteiger partial charge < -0.3 is 9.15 Å². The summed E-state index contributed by atoms with van der Waals surface area (Å²) in [6.45, 7) is 2.60. The van der Waals surface area contributed by atoms with Gasteiger partial charge in [0, 0.05) is 17.5 Å². The van der Waals surface area contributed by atoms with Crippen molar-refractivity contribution in [3.63, 3.8) is 0 Å². The van der Waals surface area contributed by atoms with Gasteiger partial charge in [0.1, 0.15) is 11.3 Å². The van der Waals surface area contributed by atoms with Gasteiger partial charge in [-0.15, -0.1) is 0 Å². The van der Waals surface area contributed by atoms with E-state index in [4.69, 9.17) is 9.15 Å². The molecule has 0 saturated heterocycles. The van der Waals surface area contributed by atoms with E-state index in [2.05, 4.69) is 6.92 Å². The van der Waals surface area contributed by atoms with E-state index in [0.29, 0.717) is 28.9 Å². The highest BCUT2D eigenvalue weighted by atomic mass is 16.5. The lowest BCUT2D eigenvalue weighted by Crippen LogP contribution is -2.01. The zero-order chi connectivity index (χ0) is 13.0. The number of carbonyl (C=O) groups excluding carboxylic acids is 1. The van der Waals surface area contributed by atoms with Crippen LogP contribution in [0.15, 0.2) is 33.5 Å². The second-order valence-corrected chi connectivity index (χ2v) is 4.00. The van der Waals surface area contributed by atoms with Crippen LogP contribution in [0.5, 0.6) is 5.75 Å². The lowest BCUT2D eigenvalue weighted by Gasteiger charge is -2.08. The van der Waals surface area contributed by atoms with E-state index in [-0.39, 0.29) is 0 Å². The van der Waals surface area contributed by atoms with Crippen LogP contribution < -0.4 is 10.4 Å². The van der Waals surface area contributed by atoms with Crippen molar-refractivity contribution in [3.8, 4) is 5.75 Å². The molecule has 0 aliphatic heterocycles. The second kappa shape index (κ2) is 5.49. The quantitative estimate of drug-likeness (QED) is 0.462. The van der Waals surface area contributed by atoms with Crippen molar-refractivity contribution in [2.45, 2.75) is 19.8 Å². The lowest BCUT2D eigenvalue weighted by molar-refractivity contribution is 0.111. The van der Waals surface area contributed by atoms with E-state index in [0.717, 1.165) is 19.1 Å². The average molecular weight is 246 g/mol. The van der Waals surface area contributed by atoms with Crippen LogP contribution in [0.2, 0.25) is 0 Å². The summed E-state index contributed by atoms with van der Waals surface area (Å²) in [5.41, 5.74) is 0.480. The number of hydrogen-bond acceptors (Lipinski definition) is 4. The molecule has 0 fully saturated rings. The van der Waals surface area contributed by atoms with Crippen LogP contribution in [0.1, 0.15) is 30.1 Å². The van der Waals surface area contributed by atoms with Crippen LogP contribution in [0.3, 0.4) is 0 Å². The van der Waals surface area contributed by atoms with Gasteiger partial charge in [-0.1, -0.05) is 13.3 Å². The van der Waals surface area contributed by atoms with Gasteiger partial charge in [-0.2, -0.15) is 0 Å². The Labute approximate surface area is 104 Å². The molecule has 18 heavy (non-hydrogen) atoms. The molecule has 0 unspecified atom stereocenters. The Morgan fingerprint density at radius 3 is 2.89 bits per heavy atom. The summed E-state index contributed by atoms with van der Waals surface area (Å²) in [4.78, 5) is 22.1. The van der Waals surface area contributed by atoms with Gasteiger partial charge in [0.15, 0.2) is 6.29 Å². The molecule has 94 valence electrons. The Kier molecular flexibility index (Phi) is 3.77. The summed E-state index contributed by atoms with van der Waals surface area (Å²) in [7, 11) is 0. The second-order valence-electron chi connectivity index (χ2n) is 4.00. The van der Waals surface area contributed by atoms with Gasteiger partial charge >= 0.3 is 5.63 Å². The normalized spacial score (nSPS) is 10.5. The topological polar surface area (TPSA) is 56.5 Å². The lowest BCUT2D eigenvalue weighted by atomic mass is 10.1. The Balaban J connectivity index is 2.43. The predicted molar refractivity (Wildman–Crippen MR) is 68.3 cm³/mol. The molecule has 1 heterocycles. The maximum atomic E-state index is 11.1. The summed E-state index contributed by atoms with van der Waals surface area (Å²) in [5, 5.41) is 0.708. The van der Waals surface area contributed by atoms with Gasteiger partial charge in [-0.3, -0.25) is 4.79 Å². The Morgan fingerprint density at radius 1 is 1.33 bits per heavy atom. The first-order chi connectivity index (χ1) is 8.74. The number of aldehydes is 1. The zero-order valence-corrected chi connectivity index (χ0v) is 10.1. The van der Waals surface area contributed by atoms with Crippen LogP contribution in [0.25, 0.3) is 11.0 Å². The van der Waals surface area contributed by atoms with Crippen LogP contribution in [-0.4, -0.2) is 12.9 Å². The van der Waals surface area contributed by atoms with Crippen molar-refractivity contribution < 1.29 is 13.9 Å². The molecule has 1 aromatic carbocycles. The highest BCUT2D eigenvalue weighted by molar-refractivity contribution is 5.89. The predicted octanol–water partition coefficient (Wildman–Crippen LogP) is 2.78. The molecule has 1 aromatic heterocycles. The third kappa shape index (κ3) is 2.59. The maximum absolute atomic E-state index is 11.1. The molecule has 4 heteroatoms. The van der Waals surface area contributed by atoms with Gasteiger partial charge in [0.25, 0.3) is 0 Å². The number of carbonyl (C=O) groups is 1. The van der Waals surface area contributed by atoms with Gasteiger partial charge in [0.05, 0.1) is 12.2 Å². The first-order valence-corrected chi connectivity index (χ1v) is 5.90. The van der Waals surface area contributed by atoms with Crippen molar-refractivity contribution in [2.75, 3.05) is 6.61 Å². The number of hydrogen-bond donors (Lipinski definition) is 0. The van der Waals surface area contributed by atoms with Crippen LogP contribution >= 0.6 is 0 Å². The van der Waals surface area contributed by atoms with E-state index < -0.39 is 5.63 Å². The number of fused-ring (bicyclic) bond motifs is 1. The van der Waals surface area contributed by atoms with Crippen LogP contribution in [0.4, 0.5) is 0 Å². The molecule has 0 N–H and O–H groups in total. The molecule has 0 amide bonds. The molecule has 2 rings (SSSR count). The minimum Gasteiger partial charge on any atom is -0.493 e. The molecular weight excluding hydrogens is 232 g/mol. The molecule has 0 saturated carbocycles. The van der Waals surface area contributed by atoms with Crippen molar-refractivity contribution in [1.82, 2.24) is 0 Å². The smallest absolute Gasteiger partial charge is 0.336 e. The number of unbranched alkanes of at least 4 members (excludes halogenated alkanes) is 1. The van der Waals surface area contributed by atoms with E-state index in [1.54, 1.807) is 18.2 Å². The Morgan fingerprint density at radius 2 is 2.17 bits per heavy atom. The summed E-state index contributed by atoms with van der Waals surface area (Å²) >= 11 is 0. The fourth-order valence-corrected chi connectivity index (χ4v) is 1.66. The number of ether oxygens (including phenoxy) is 1. The molecule has 0 bridgehead atoms. The molecule has 0 radical (unpaired) electrons. The van der Waals surface area contributed by atoms with Crippen molar-refractivity contribution in [1.29, 1.82) is 0 Å². The first kappa shape index (κ1) is 12.4. The fourth-order valence-electron chi connectivity index (χ4n) is 1.66. The van der Waals surface area contributed by atoms with E-state index >= 15 is 0 Å². The number of rotatable bonds is 5. The van der Waals surface area contributed by atoms with E-state index in [9.17, 15) is 9.59 Å². The Hall–Kier alpha value is -2.10. The highest BCUT2D eigenvalue weighted by Crippen LogP contribution is 2.24. The first-order valence-electron chi connectivity index (χ1n) is 5.90. The summed E-state index contributed by atoms with van der Waals surface area (Å²) < 4.78 is 10.6. The van der Waals surface area contributed by atoms with Crippen molar-refractivity contribution in [3.05, 3.63) is 40.2 Å². The summed E-state index contributed by atoms with van der Waals surface area (Å²) in [6, 6.07) is 6.21. The number of benzene rings is 1. The molecule has 0 aliphatic rings.